The highest BCUT2D eigenvalue weighted by Gasteiger charge is 2.15. The molecule has 1 rings (SSSR count). The van der Waals surface area contributed by atoms with Crippen molar-refractivity contribution in [3.63, 3.8) is 0 Å². The van der Waals surface area contributed by atoms with Crippen molar-refractivity contribution in [3.05, 3.63) is 28.8 Å². The number of nitrogens with two attached hydrogens (primary N) is 1. The van der Waals surface area contributed by atoms with Gasteiger partial charge in [-0.2, -0.15) is 0 Å². The van der Waals surface area contributed by atoms with Crippen LogP contribution < -0.4 is 5.73 Å². The lowest BCUT2D eigenvalue weighted by molar-refractivity contribution is 0.0297. The lowest BCUT2D eigenvalue weighted by Crippen LogP contribution is -2.16. The molecule has 3 N–H and O–H groups in total. The molecule has 5 heteroatoms. The maximum Gasteiger partial charge on any atom is 0.341 e. The Labute approximate surface area is 92.6 Å². The van der Waals surface area contributed by atoms with E-state index in [0.717, 1.165) is 0 Å². The minimum atomic E-state index is -0.710. The van der Waals surface area contributed by atoms with Crippen molar-refractivity contribution in [3.8, 4) is 0 Å². The topological polar surface area (TPSA) is 72.5 Å². The molecule has 0 heterocycles. The van der Waals surface area contributed by atoms with E-state index >= 15 is 0 Å². The van der Waals surface area contributed by atoms with Crippen LogP contribution in [0.5, 0.6) is 0 Å². The number of ether oxygens (including phenoxy) is 1. The number of halogens is 1. The van der Waals surface area contributed by atoms with Crippen molar-refractivity contribution in [2.75, 3.05) is 12.3 Å². The van der Waals surface area contributed by atoms with Gasteiger partial charge in [0.2, 0.25) is 0 Å². The third-order valence-corrected chi connectivity index (χ3v) is 2.02. The van der Waals surface area contributed by atoms with Crippen LogP contribution in [0.2, 0.25) is 5.02 Å². The second-order valence-corrected chi connectivity index (χ2v) is 3.56. The highest BCUT2D eigenvalue weighted by molar-refractivity contribution is 6.34. The number of aliphatic hydroxyl groups is 1. The van der Waals surface area contributed by atoms with Crippen molar-refractivity contribution in [1.29, 1.82) is 0 Å². The van der Waals surface area contributed by atoms with Crippen LogP contribution in [0.15, 0.2) is 18.2 Å². The third kappa shape index (κ3) is 3.11. The van der Waals surface area contributed by atoms with E-state index in [-0.39, 0.29) is 22.9 Å². The second kappa shape index (κ2) is 5.00. The van der Waals surface area contributed by atoms with Gasteiger partial charge in [0.05, 0.1) is 11.1 Å². The summed E-state index contributed by atoms with van der Waals surface area (Å²) in [6, 6.07) is 4.75. The van der Waals surface area contributed by atoms with E-state index in [9.17, 15) is 4.79 Å². The number of carbonyl (C=O) groups excluding carboxylic acids is 1. The number of benzene rings is 1. The number of rotatable bonds is 3. The fourth-order valence-corrected chi connectivity index (χ4v) is 1.28. The van der Waals surface area contributed by atoms with Crippen LogP contribution >= 0.6 is 11.6 Å². The van der Waals surface area contributed by atoms with Crippen LogP contribution in [-0.4, -0.2) is 23.8 Å². The Morgan fingerprint density at radius 3 is 2.87 bits per heavy atom. The van der Waals surface area contributed by atoms with Crippen LogP contribution in [0.4, 0.5) is 5.69 Å². The Bertz CT molecular complexity index is 345. The van der Waals surface area contributed by atoms with Crippen molar-refractivity contribution in [1.82, 2.24) is 0 Å². The summed E-state index contributed by atoms with van der Waals surface area (Å²) in [4.78, 5) is 11.5. The van der Waals surface area contributed by atoms with Gasteiger partial charge in [0.15, 0.2) is 0 Å². The van der Waals surface area contributed by atoms with Gasteiger partial charge in [0.25, 0.3) is 0 Å². The predicted molar refractivity (Wildman–Crippen MR) is 57.8 cm³/mol. The minimum absolute atomic E-state index is 0.0799. The SMILES string of the molecule is CC(O)COC(=O)c1c(N)cccc1Cl. The molecule has 0 radical (unpaired) electrons. The zero-order valence-electron chi connectivity index (χ0n) is 8.24. The molecule has 0 aromatic heterocycles. The molecule has 0 fully saturated rings. The molecular formula is C10H12ClNO3. The van der Waals surface area contributed by atoms with Crippen LogP contribution in [0.3, 0.4) is 0 Å². The van der Waals surface area contributed by atoms with E-state index in [4.69, 9.17) is 27.2 Å². The lowest BCUT2D eigenvalue weighted by Gasteiger charge is -2.09. The maximum atomic E-state index is 11.5. The van der Waals surface area contributed by atoms with Gasteiger partial charge in [-0.1, -0.05) is 17.7 Å². The summed E-state index contributed by atoms with van der Waals surface area (Å²) in [7, 11) is 0. The standard InChI is InChI=1S/C10H12ClNO3/c1-6(13)5-15-10(14)9-7(11)3-2-4-8(9)12/h2-4,6,13H,5,12H2,1H3. The lowest BCUT2D eigenvalue weighted by atomic mass is 10.2. The fraction of sp³-hybridized carbons (Fsp3) is 0.300. The van der Waals surface area contributed by atoms with E-state index in [1.165, 1.54) is 6.92 Å². The van der Waals surface area contributed by atoms with Crippen molar-refractivity contribution >= 4 is 23.3 Å². The summed E-state index contributed by atoms with van der Waals surface area (Å²) in [6.07, 6.45) is -0.710. The first kappa shape index (κ1) is 11.8. The molecule has 1 atom stereocenters. The summed E-state index contributed by atoms with van der Waals surface area (Å²) in [5.41, 5.74) is 5.98. The van der Waals surface area contributed by atoms with E-state index in [1.807, 2.05) is 0 Å². The fourth-order valence-electron chi connectivity index (χ4n) is 1.02. The molecule has 0 bridgehead atoms. The maximum absolute atomic E-state index is 11.5. The highest BCUT2D eigenvalue weighted by atomic mass is 35.5. The van der Waals surface area contributed by atoms with E-state index in [0.29, 0.717) is 0 Å². The van der Waals surface area contributed by atoms with E-state index in [2.05, 4.69) is 0 Å². The van der Waals surface area contributed by atoms with E-state index < -0.39 is 12.1 Å². The Balaban J connectivity index is 2.82. The molecule has 82 valence electrons. The van der Waals surface area contributed by atoms with Crippen LogP contribution in [0.25, 0.3) is 0 Å². The number of esters is 1. The van der Waals surface area contributed by atoms with Gasteiger partial charge in [-0.3, -0.25) is 0 Å². The monoisotopic (exact) mass is 229 g/mol. The van der Waals surface area contributed by atoms with Gasteiger partial charge >= 0.3 is 5.97 Å². The number of carbonyl (C=O) groups is 1. The molecule has 0 saturated heterocycles. The van der Waals surface area contributed by atoms with Gasteiger partial charge in [-0.05, 0) is 19.1 Å². The molecule has 0 saturated carbocycles. The highest BCUT2D eigenvalue weighted by Crippen LogP contribution is 2.22. The number of anilines is 1. The van der Waals surface area contributed by atoms with E-state index in [1.54, 1.807) is 18.2 Å². The Hall–Kier alpha value is -1.26. The van der Waals surface area contributed by atoms with Gasteiger partial charge in [0, 0.05) is 5.69 Å². The Kier molecular flexibility index (Phi) is 3.94. The average molecular weight is 230 g/mol. The summed E-state index contributed by atoms with van der Waals surface area (Å²) in [5, 5.41) is 9.19. The number of hydrogen-bond donors (Lipinski definition) is 2. The van der Waals surface area contributed by atoms with Gasteiger partial charge in [0.1, 0.15) is 12.2 Å². The predicted octanol–water partition coefficient (Wildman–Crippen LogP) is 1.46. The molecule has 0 aliphatic rings. The van der Waals surface area contributed by atoms with Crippen molar-refractivity contribution < 1.29 is 14.6 Å². The summed E-state index contributed by atoms with van der Waals surface area (Å²) in [5.74, 6) is -0.626. The molecule has 15 heavy (non-hydrogen) atoms. The quantitative estimate of drug-likeness (QED) is 0.608. The molecule has 1 aromatic carbocycles. The Morgan fingerprint density at radius 1 is 1.67 bits per heavy atom. The molecule has 4 nitrogen and oxygen atoms in total. The molecular weight excluding hydrogens is 218 g/mol. The van der Waals surface area contributed by atoms with Gasteiger partial charge in [-0.15, -0.1) is 0 Å². The third-order valence-electron chi connectivity index (χ3n) is 1.71. The average Bonchev–Trinajstić information content (AvgIpc) is 2.14. The zero-order chi connectivity index (χ0) is 11.4. The molecule has 0 aliphatic heterocycles. The first-order valence-electron chi connectivity index (χ1n) is 4.41. The normalized spacial score (nSPS) is 12.2. The van der Waals surface area contributed by atoms with Gasteiger partial charge in [-0.25, -0.2) is 4.79 Å². The first-order chi connectivity index (χ1) is 7.02. The number of aliphatic hydroxyl groups excluding tert-OH is 1. The first-order valence-corrected chi connectivity index (χ1v) is 4.79. The molecule has 0 aliphatic carbocycles. The summed E-state index contributed by atoms with van der Waals surface area (Å²) < 4.78 is 4.80. The van der Waals surface area contributed by atoms with Crippen molar-refractivity contribution in [2.24, 2.45) is 0 Å². The van der Waals surface area contributed by atoms with Crippen molar-refractivity contribution in [2.45, 2.75) is 13.0 Å². The van der Waals surface area contributed by atoms with Crippen LogP contribution in [0, 0.1) is 0 Å². The second-order valence-electron chi connectivity index (χ2n) is 3.15. The number of hydrogen-bond acceptors (Lipinski definition) is 4. The number of nitrogen functional groups attached to an aromatic ring is 1. The Morgan fingerprint density at radius 2 is 2.33 bits per heavy atom. The zero-order valence-corrected chi connectivity index (χ0v) is 8.99. The molecule has 1 unspecified atom stereocenters. The smallest absolute Gasteiger partial charge is 0.341 e. The molecule has 0 spiro atoms. The summed E-state index contributed by atoms with van der Waals surface area (Å²) in [6.45, 7) is 1.44. The van der Waals surface area contributed by atoms with Gasteiger partial charge < -0.3 is 15.6 Å². The summed E-state index contributed by atoms with van der Waals surface area (Å²) >= 11 is 5.80. The minimum Gasteiger partial charge on any atom is -0.459 e. The molecule has 1 aromatic rings. The molecule has 0 amide bonds. The van der Waals surface area contributed by atoms with Crippen LogP contribution in [0.1, 0.15) is 17.3 Å². The largest absolute Gasteiger partial charge is 0.459 e. The van der Waals surface area contributed by atoms with Crippen LogP contribution in [-0.2, 0) is 4.74 Å².